The molecule has 1 aromatic rings. The summed E-state index contributed by atoms with van der Waals surface area (Å²) in [6.45, 7) is 0. The van der Waals surface area contributed by atoms with E-state index in [1.807, 2.05) is 24.3 Å². The van der Waals surface area contributed by atoms with E-state index in [9.17, 15) is 0 Å². The van der Waals surface area contributed by atoms with Gasteiger partial charge in [-0.2, -0.15) is 0 Å². The van der Waals surface area contributed by atoms with Gasteiger partial charge in [0.15, 0.2) is 0 Å². The summed E-state index contributed by atoms with van der Waals surface area (Å²) in [5.74, 6) is 0.992. The van der Waals surface area contributed by atoms with Crippen LogP contribution in [0.4, 0.5) is 0 Å². The molecule has 74 valence electrons. The molecule has 0 saturated heterocycles. The third-order valence-electron chi connectivity index (χ3n) is 2.01. The van der Waals surface area contributed by atoms with Gasteiger partial charge in [0.25, 0.3) is 0 Å². The van der Waals surface area contributed by atoms with Crippen LogP contribution in [0.2, 0.25) is 0 Å². The zero-order valence-electron chi connectivity index (χ0n) is 8.08. The molecule has 5 heteroatoms. The number of azo groups is 1. The Balaban J connectivity index is 2.32. The first-order valence-electron chi connectivity index (χ1n) is 4.33. The molecule has 0 aromatic heterocycles. The molecule has 1 heterocycles. The summed E-state index contributed by atoms with van der Waals surface area (Å²) < 4.78 is 5.04. The van der Waals surface area contributed by atoms with Crippen LogP contribution in [0.15, 0.2) is 40.6 Å². The Labute approximate surface area is 86.3 Å². The third kappa shape index (κ3) is 1.82. The fourth-order valence-electron chi connectivity index (χ4n) is 1.24. The first-order chi connectivity index (χ1) is 7.33. The van der Waals surface area contributed by atoms with Gasteiger partial charge in [-0.05, 0) is 29.4 Å². The molecule has 5 nitrogen and oxygen atoms in total. The quantitative estimate of drug-likeness (QED) is 0.532. The van der Waals surface area contributed by atoms with Gasteiger partial charge in [-0.1, -0.05) is 0 Å². The highest BCUT2D eigenvalue weighted by Crippen LogP contribution is 2.22. The first kappa shape index (κ1) is 9.30. The maximum atomic E-state index is 8.48. The van der Waals surface area contributed by atoms with Crippen LogP contribution in [-0.2, 0) is 0 Å². The lowest BCUT2D eigenvalue weighted by atomic mass is 10.1. The lowest BCUT2D eigenvalue weighted by Crippen LogP contribution is -1.85. The predicted molar refractivity (Wildman–Crippen MR) is 54.5 cm³/mol. The van der Waals surface area contributed by atoms with Gasteiger partial charge in [-0.15, -0.1) is 0 Å². The molecule has 2 rings (SSSR count). The van der Waals surface area contributed by atoms with E-state index < -0.39 is 0 Å². The van der Waals surface area contributed by atoms with Crippen molar-refractivity contribution in [3.05, 3.63) is 41.4 Å². The van der Waals surface area contributed by atoms with E-state index in [0.717, 1.165) is 11.3 Å². The number of rotatable bonds is 2. The smallest absolute Gasteiger partial charge is 0.428 e. The molecule has 0 fully saturated rings. The Morgan fingerprint density at radius 3 is 2.47 bits per heavy atom. The molecule has 1 aromatic carbocycles. The van der Waals surface area contributed by atoms with Crippen molar-refractivity contribution in [1.29, 1.82) is 0 Å². The van der Waals surface area contributed by atoms with E-state index in [1.165, 1.54) is 0 Å². The average molecular weight is 200 g/mol. The monoisotopic (exact) mass is 200 g/mol. The summed E-state index contributed by atoms with van der Waals surface area (Å²) in [5.41, 5.74) is 10.1. The lowest BCUT2D eigenvalue weighted by molar-refractivity contribution is -0.00490. The number of hydrogen-bond donors (Lipinski definition) is 0. The van der Waals surface area contributed by atoms with Crippen LogP contribution in [0.1, 0.15) is 5.56 Å². The summed E-state index contributed by atoms with van der Waals surface area (Å²) in [4.78, 5) is 2.95. The van der Waals surface area contributed by atoms with Gasteiger partial charge in [0.2, 0.25) is 0 Å². The molecule has 0 bridgehead atoms. The van der Waals surface area contributed by atoms with Gasteiger partial charge in [0.1, 0.15) is 11.4 Å². The Bertz CT molecular complexity index is 481. The normalized spacial score (nSPS) is 13.7. The van der Waals surface area contributed by atoms with Crippen LogP contribution in [0.5, 0.6) is 5.75 Å². The highest BCUT2D eigenvalue weighted by Gasteiger charge is 2.17. The maximum absolute atomic E-state index is 8.48. The summed E-state index contributed by atoms with van der Waals surface area (Å²) in [6, 6.07) is 7.40. The van der Waals surface area contributed by atoms with Gasteiger partial charge in [0, 0.05) is 5.56 Å². The van der Waals surface area contributed by atoms with Gasteiger partial charge in [-0.3, -0.25) is 0 Å². The standard InChI is InChI=1S/C10H8N4O/c1-15-8-4-2-7(3-5-8)9-6-10(12-11)14-13-9/h2-6H,1H3. The predicted octanol–water partition coefficient (Wildman–Crippen LogP) is 2.13. The topological polar surface area (TPSA) is 70.3 Å². The molecule has 0 saturated carbocycles. The molecule has 1 aliphatic rings. The number of benzene rings is 1. The van der Waals surface area contributed by atoms with Crippen LogP contribution < -0.4 is 4.74 Å². The Kier molecular flexibility index (Phi) is 2.39. The van der Waals surface area contributed by atoms with Crippen molar-refractivity contribution in [1.82, 2.24) is 0 Å². The van der Waals surface area contributed by atoms with E-state index in [2.05, 4.69) is 15.0 Å². The van der Waals surface area contributed by atoms with Crippen LogP contribution in [0.25, 0.3) is 11.2 Å². The van der Waals surface area contributed by atoms with E-state index in [4.69, 9.17) is 10.3 Å². The molecular weight excluding hydrogens is 192 g/mol. The summed E-state index contributed by atoms with van der Waals surface area (Å²) in [6.07, 6.45) is 1.60. The molecule has 0 atom stereocenters. The Morgan fingerprint density at radius 1 is 1.20 bits per heavy atom. The SMILES string of the molecule is COc1ccc(C2=CC(=[N+]=[N-])N=N2)cc1. The van der Waals surface area contributed by atoms with Crippen molar-refractivity contribution in [3.63, 3.8) is 0 Å². The molecule has 0 aliphatic carbocycles. The largest absolute Gasteiger partial charge is 0.497 e. The molecular formula is C10H8N4O. The molecule has 0 radical (unpaired) electrons. The Morgan fingerprint density at radius 2 is 1.93 bits per heavy atom. The van der Waals surface area contributed by atoms with Gasteiger partial charge < -0.3 is 15.1 Å². The minimum Gasteiger partial charge on any atom is -0.497 e. The van der Waals surface area contributed by atoms with E-state index in [0.29, 0.717) is 5.70 Å². The molecule has 0 N–H and O–H groups in total. The Hall–Kier alpha value is -2.26. The number of ether oxygens (including phenoxy) is 1. The zero-order valence-corrected chi connectivity index (χ0v) is 8.08. The number of methoxy groups -OCH3 is 1. The van der Waals surface area contributed by atoms with Crippen molar-refractivity contribution < 1.29 is 9.53 Å². The first-order valence-corrected chi connectivity index (χ1v) is 4.33. The molecule has 1 aliphatic heterocycles. The molecule has 0 unspecified atom stereocenters. The highest BCUT2D eigenvalue weighted by molar-refractivity contribution is 5.98. The van der Waals surface area contributed by atoms with Crippen molar-refractivity contribution >= 4 is 11.5 Å². The zero-order chi connectivity index (χ0) is 10.7. The van der Waals surface area contributed by atoms with Crippen LogP contribution in [-0.4, -0.2) is 17.7 Å². The second-order valence-electron chi connectivity index (χ2n) is 2.92. The summed E-state index contributed by atoms with van der Waals surface area (Å²) >= 11 is 0. The molecule has 0 spiro atoms. The van der Waals surface area contributed by atoms with Gasteiger partial charge in [-0.25, -0.2) is 0 Å². The minimum atomic E-state index is 0.209. The second kappa shape index (κ2) is 3.86. The maximum Gasteiger partial charge on any atom is 0.428 e. The fraction of sp³-hybridized carbons (Fsp3) is 0.100. The van der Waals surface area contributed by atoms with E-state index in [-0.39, 0.29) is 5.84 Å². The summed E-state index contributed by atoms with van der Waals surface area (Å²) in [5, 5.41) is 7.52. The summed E-state index contributed by atoms with van der Waals surface area (Å²) in [7, 11) is 1.61. The lowest BCUT2D eigenvalue weighted by Gasteiger charge is -1.99. The van der Waals surface area contributed by atoms with Crippen LogP contribution in [0.3, 0.4) is 0 Å². The number of nitrogens with zero attached hydrogens (tertiary/aromatic N) is 4. The molecule has 15 heavy (non-hydrogen) atoms. The van der Waals surface area contributed by atoms with Crippen molar-refractivity contribution in [3.8, 4) is 5.75 Å². The van der Waals surface area contributed by atoms with Gasteiger partial charge in [0.05, 0.1) is 18.3 Å². The van der Waals surface area contributed by atoms with Crippen molar-refractivity contribution in [2.45, 2.75) is 0 Å². The second-order valence-corrected chi connectivity index (χ2v) is 2.92. The van der Waals surface area contributed by atoms with Gasteiger partial charge >= 0.3 is 5.84 Å². The minimum absolute atomic E-state index is 0.209. The van der Waals surface area contributed by atoms with Crippen LogP contribution >= 0.6 is 0 Å². The average Bonchev–Trinajstić information content (AvgIpc) is 2.78. The fourth-order valence-corrected chi connectivity index (χ4v) is 1.24. The third-order valence-corrected chi connectivity index (χ3v) is 2.01. The van der Waals surface area contributed by atoms with E-state index >= 15 is 0 Å². The highest BCUT2D eigenvalue weighted by atomic mass is 16.5. The number of amidine groups is 1. The molecule has 0 amide bonds. The van der Waals surface area contributed by atoms with Crippen molar-refractivity contribution in [2.24, 2.45) is 10.2 Å². The van der Waals surface area contributed by atoms with Crippen molar-refractivity contribution in [2.75, 3.05) is 7.11 Å². The number of hydrogen-bond acceptors (Lipinski definition) is 2. The van der Waals surface area contributed by atoms with Crippen LogP contribution in [0, 0.1) is 0 Å². The van der Waals surface area contributed by atoms with E-state index in [1.54, 1.807) is 13.2 Å².